The number of ether oxygens (including phenoxy) is 1. The molecule has 0 saturated carbocycles. The van der Waals surface area contributed by atoms with Crippen LogP contribution in [-0.2, 0) is 9.53 Å². The van der Waals surface area contributed by atoms with Gasteiger partial charge in [-0.25, -0.2) is 4.99 Å². The third-order valence-corrected chi connectivity index (χ3v) is 3.79. The van der Waals surface area contributed by atoms with Gasteiger partial charge < -0.3 is 14.5 Å². The lowest BCUT2D eigenvalue weighted by Crippen LogP contribution is -2.37. The fraction of sp³-hybridized carbons (Fsp3) is 0.429. The molecule has 0 atom stereocenters. The molecule has 0 aromatic carbocycles. The number of hydrogen-bond donors (Lipinski definition) is 0. The zero-order valence-electron chi connectivity index (χ0n) is 11.3. The predicted molar refractivity (Wildman–Crippen MR) is 77.1 cm³/mol. The number of fused-ring (bicyclic) bond motifs is 2. The zero-order valence-corrected chi connectivity index (χ0v) is 12.1. The standard InChI is InChI=1S/C14H16ClN3O2/c1-20-11-7-10-8-17(6-2-4-15)13-12(19)3-5-16-14(13)18(10)9-11/h5,7-8H,2-4,6,9H2,1H3. The Labute approximate surface area is 122 Å². The van der Waals surface area contributed by atoms with E-state index in [9.17, 15) is 4.79 Å². The minimum atomic E-state index is 0.103. The first-order valence-corrected chi connectivity index (χ1v) is 7.14. The monoisotopic (exact) mass is 293 g/mol. The molecule has 0 aromatic heterocycles. The van der Waals surface area contributed by atoms with Gasteiger partial charge in [-0.2, -0.15) is 0 Å². The maximum absolute atomic E-state index is 12.2. The van der Waals surface area contributed by atoms with Crippen LogP contribution in [-0.4, -0.2) is 47.9 Å². The van der Waals surface area contributed by atoms with Gasteiger partial charge in [-0.05, 0) is 6.42 Å². The van der Waals surface area contributed by atoms with E-state index >= 15 is 0 Å². The van der Waals surface area contributed by atoms with E-state index in [0.29, 0.717) is 24.5 Å². The fourth-order valence-corrected chi connectivity index (χ4v) is 2.70. The number of Topliss-reactive ketones (excluding diaryl/α,β-unsaturated/α-hetero) is 1. The summed E-state index contributed by atoms with van der Waals surface area (Å²) < 4.78 is 5.31. The first-order valence-electron chi connectivity index (χ1n) is 6.61. The number of hydrogen-bond acceptors (Lipinski definition) is 5. The summed E-state index contributed by atoms with van der Waals surface area (Å²) in [5, 5.41) is 0. The number of methoxy groups -OCH3 is 1. The molecule has 6 heteroatoms. The van der Waals surface area contributed by atoms with Gasteiger partial charge in [0.1, 0.15) is 11.5 Å². The molecule has 0 fully saturated rings. The van der Waals surface area contributed by atoms with Crippen LogP contribution in [0.2, 0.25) is 0 Å². The van der Waals surface area contributed by atoms with E-state index in [4.69, 9.17) is 16.3 Å². The highest BCUT2D eigenvalue weighted by atomic mass is 35.5. The van der Waals surface area contributed by atoms with Crippen LogP contribution < -0.4 is 0 Å². The average molecular weight is 294 g/mol. The Hall–Kier alpha value is -1.75. The number of carbonyl (C=O) groups excluding carboxylic acids is 1. The molecular weight excluding hydrogens is 278 g/mol. The summed E-state index contributed by atoms with van der Waals surface area (Å²) in [5.74, 6) is 2.26. The lowest BCUT2D eigenvalue weighted by Gasteiger charge is -2.35. The van der Waals surface area contributed by atoms with E-state index in [2.05, 4.69) is 4.99 Å². The largest absolute Gasteiger partial charge is 0.499 e. The van der Waals surface area contributed by atoms with E-state index in [1.54, 1.807) is 13.3 Å². The molecule has 0 aliphatic carbocycles. The van der Waals surface area contributed by atoms with Crippen molar-refractivity contribution < 1.29 is 9.53 Å². The van der Waals surface area contributed by atoms with Gasteiger partial charge in [0, 0.05) is 37.3 Å². The number of carbonyl (C=O) groups is 1. The second kappa shape index (κ2) is 5.32. The van der Waals surface area contributed by atoms with E-state index in [1.807, 2.05) is 22.1 Å². The summed E-state index contributed by atoms with van der Waals surface area (Å²) in [4.78, 5) is 20.6. The molecule has 0 bridgehead atoms. The summed E-state index contributed by atoms with van der Waals surface area (Å²) in [5.41, 5.74) is 1.68. The second-order valence-electron chi connectivity index (χ2n) is 4.80. The summed E-state index contributed by atoms with van der Waals surface area (Å²) in [6.07, 6.45) is 6.81. The second-order valence-corrected chi connectivity index (χ2v) is 5.18. The molecular formula is C14H16ClN3O2. The van der Waals surface area contributed by atoms with Crippen molar-refractivity contribution in [3.8, 4) is 0 Å². The summed E-state index contributed by atoms with van der Waals surface area (Å²) in [7, 11) is 1.65. The van der Waals surface area contributed by atoms with Gasteiger partial charge in [0.2, 0.25) is 0 Å². The van der Waals surface area contributed by atoms with Crippen LogP contribution in [0, 0.1) is 0 Å². The lowest BCUT2D eigenvalue weighted by atomic mass is 10.1. The molecule has 0 amide bonds. The highest BCUT2D eigenvalue weighted by Gasteiger charge is 2.34. The van der Waals surface area contributed by atoms with Crippen LogP contribution in [0.25, 0.3) is 0 Å². The van der Waals surface area contributed by atoms with E-state index in [1.165, 1.54) is 0 Å². The van der Waals surface area contributed by atoms with Crippen molar-refractivity contribution in [1.82, 2.24) is 9.80 Å². The first kappa shape index (κ1) is 13.2. The predicted octanol–water partition coefficient (Wildman–Crippen LogP) is 1.83. The van der Waals surface area contributed by atoms with Gasteiger partial charge in [-0.3, -0.25) is 4.79 Å². The summed E-state index contributed by atoms with van der Waals surface area (Å²) in [6, 6.07) is 0. The Balaban J connectivity index is 1.98. The van der Waals surface area contributed by atoms with Crippen LogP contribution in [0.15, 0.2) is 40.2 Å². The van der Waals surface area contributed by atoms with Crippen LogP contribution in [0.4, 0.5) is 0 Å². The Kier molecular flexibility index (Phi) is 3.53. The summed E-state index contributed by atoms with van der Waals surface area (Å²) in [6.45, 7) is 1.34. The topological polar surface area (TPSA) is 45.1 Å². The van der Waals surface area contributed by atoms with Gasteiger partial charge in [0.05, 0.1) is 19.4 Å². The van der Waals surface area contributed by atoms with Gasteiger partial charge in [-0.15, -0.1) is 11.6 Å². The molecule has 3 rings (SSSR count). The maximum atomic E-state index is 12.2. The molecule has 0 N–H and O–H groups in total. The molecule has 0 spiro atoms. The smallest absolute Gasteiger partial charge is 0.188 e. The lowest BCUT2D eigenvalue weighted by molar-refractivity contribution is -0.116. The summed E-state index contributed by atoms with van der Waals surface area (Å²) >= 11 is 5.77. The van der Waals surface area contributed by atoms with Gasteiger partial charge >= 0.3 is 0 Å². The van der Waals surface area contributed by atoms with Gasteiger partial charge in [0.15, 0.2) is 11.6 Å². The number of nitrogens with zero attached hydrogens (tertiary/aromatic N) is 3. The number of halogens is 1. The molecule has 0 radical (unpaired) electrons. The zero-order chi connectivity index (χ0) is 14.1. The van der Waals surface area contributed by atoms with Crippen LogP contribution in [0.1, 0.15) is 12.8 Å². The third kappa shape index (κ3) is 2.12. The minimum absolute atomic E-state index is 0.103. The van der Waals surface area contributed by atoms with Gasteiger partial charge in [0.25, 0.3) is 0 Å². The maximum Gasteiger partial charge on any atom is 0.188 e. The number of aliphatic imine (C=N–C) groups is 1. The third-order valence-electron chi connectivity index (χ3n) is 3.53. The Morgan fingerprint density at radius 1 is 1.50 bits per heavy atom. The van der Waals surface area contributed by atoms with Crippen molar-refractivity contribution >= 4 is 23.6 Å². The number of alkyl halides is 1. The Bertz CT molecular complexity index is 563. The van der Waals surface area contributed by atoms with Crippen LogP contribution >= 0.6 is 11.6 Å². The van der Waals surface area contributed by atoms with Crippen molar-refractivity contribution in [1.29, 1.82) is 0 Å². The van der Waals surface area contributed by atoms with Crippen molar-refractivity contribution in [2.24, 2.45) is 4.99 Å². The quantitative estimate of drug-likeness (QED) is 0.742. The SMILES string of the molecule is COC1=CC2=CN(CCCCl)C3=C(N=CCC3=O)N2C1. The van der Waals surface area contributed by atoms with Crippen molar-refractivity contribution in [2.75, 3.05) is 26.1 Å². The highest BCUT2D eigenvalue weighted by molar-refractivity contribution is 6.17. The Morgan fingerprint density at radius 3 is 3.10 bits per heavy atom. The van der Waals surface area contributed by atoms with Crippen molar-refractivity contribution in [2.45, 2.75) is 12.8 Å². The van der Waals surface area contributed by atoms with E-state index in [-0.39, 0.29) is 5.78 Å². The van der Waals surface area contributed by atoms with E-state index in [0.717, 1.165) is 30.2 Å². The molecule has 5 nitrogen and oxygen atoms in total. The van der Waals surface area contributed by atoms with E-state index < -0.39 is 0 Å². The van der Waals surface area contributed by atoms with Crippen molar-refractivity contribution in [3.05, 3.63) is 35.3 Å². The molecule has 3 aliphatic heterocycles. The fourth-order valence-electron chi connectivity index (χ4n) is 2.58. The number of rotatable bonds is 4. The molecule has 3 heterocycles. The number of allylic oxidation sites excluding steroid dienone is 2. The highest BCUT2D eigenvalue weighted by Crippen LogP contribution is 2.35. The molecule has 3 aliphatic rings. The number of ketones is 1. The van der Waals surface area contributed by atoms with Crippen LogP contribution in [0.3, 0.4) is 0 Å². The molecule has 0 saturated heterocycles. The van der Waals surface area contributed by atoms with Crippen molar-refractivity contribution in [3.63, 3.8) is 0 Å². The minimum Gasteiger partial charge on any atom is -0.499 e. The molecule has 106 valence electrons. The van der Waals surface area contributed by atoms with Crippen LogP contribution in [0.5, 0.6) is 0 Å². The normalized spacial score (nSPS) is 20.8. The molecule has 0 aromatic rings. The average Bonchev–Trinajstić information content (AvgIpc) is 2.88. The Morgan fingerprint density at radius 2 is 2.35 bits per heavy atom. The first-order chi connectivity index (χ1) is 9.74. The molecule has 0 unspecified atom stereocenters. The molecule has 20 heavy (non-hydrogen) atoms. The van der Waals surface area contributed by atoms with Gasteiger partial charge in [-0.1, -0.05) is 0 Å².